The highest BCUT2D eigenvalue weighted by atomic mass is 35.5. The van der Waals surface area contributed by atoms with E-state index in [1.165, 1.54) is 0 Å². The highest BCUT2D eigenvalue weighted by Crippen LogP contribution is 2.31. The highest BCUT2D eigenvalue weighted by Gasteiger charge is 2.39. The number of halogens is 1. The Bertz CT molecular complexity index is 396. The molecule has 1 atom stereocenters. The molecule has 0 aromatic heterocycles. The standard InChI is InChI=1S/C13H17ClN2O/c1-2-13(7-8-15-9-13)12(17)16-11-5-3-10(14)4-6-11/h3-6,15H,2,7-9H2,1H3,(H,16,17). The van der Waals surface area contributed by atoms with E-state index in [1.54, 1.807) is 12.1 Å². The van der Waals surface area contributed by atoms with Crippen LogP contribution in [-0.4, -0.2) is 19.0 Å². The number of hydrogen-bond donors (Lipinski definition) is 2. The molecule has 0 bridgehead atoms. The Labute approximate surface area is 107 Å². The first kappa shape index (κ1) is 12.4. The zero-order valence-corrected chi connectivity index (χ0v) is 10.7. The summed E-state index contributed by atoms with van der Waals surface area (Å²) in [6, 6.07) is 7.21. The number of rotatable bonds is 3. The van der Waals surface area contributed by atoms with Crippen LogP contribution in [-0.2, 0) is 4.79 Å². The molecular formula is C13H17ClN2O. The van der Waals surface area contributed by atoms with Gasteiger partial charge >= 0.3 is 0 Å². The average Bonchev–Trinajstić information content (AvgIpc) is 2.82. The second-order valence-electron chi connectivity index (χ2n) is 4.52. The minimum absolute atomic E-state index is 0.104. The summed E-state index contributed by atoms with van der Waals surface area (Å²) in [6.07, 6.45) is 1.77. The Hall–Kier alpha value is -1.06. The third-order valence-electron chi connectivity index (χ3n) is 3.50. The van der Waals surface area contributed by atoms with Crippen molar-refractivity contribution in [3.8, 4) is 0 Å². The summed E-state index contributed by atoms with van der Waals surface area (Å²) in [5, 5.41) is 6.90. The lowest BCUT2D eigenvalue weighted by atomic mass is 9.83. The molecule has 2 N–H and O–H groups in total. The molecular weight excluding hydrogens is 236 g/mol. The molecule has 17 heavy (non-hydrogen) atoms. The van der Waals surface area contributed by atoms with Crippen molar-refractivity contribution in [3.05, 3.63) is 29.3 Å². The van der Waals surface area contributed by atoms with Crippen molar-refractivity contribution in [2.45, 2.75) is 19.8 Å². The Morgan fingerprint density at radius 1 is 1.47 bits per heavy atom. The van der Waals surface area contributed by atoms with Gasteiger partial charge in [-0.1, -0.05) is 18.5 Å². The summed E-state index contributed by atoms with van der Waals surface area (Å²) in [7, 11) is 0. The maximum atomic E-state index is 12.3. The van der Waals surface area contributed by atoms with Gasteiger partial charge in [0.05, 0.1) is 5.41 Å². The van der Waals surface area contributed by atoms with E-state index in [0.29, 0.717) is 5.02 Å². The zero-order valence-electron chi connectivity index (χ0n) is 9.92. The SMILES string of the molecule is CCC1(C(=O)Nc2ccc(Cl)cc2)CCNC1. The van der Waals surface area contributed by atoms with E-state index in [2.05, 4.69) is 17.6 Å². The number of amides is 1. The maximum absolute atomic E-state index is 12.3. The smallest absolute Gasteiger partial charge is 0.231 e. The van der Waals surface area contributed by atoms with Gasteiger partial charge in [0.2, 0.25) is 5.91 Å². The van der Waals surface area contributed by atoms with Gasteiger partial charge in [-0.2, -0.15) is 0 Å². The maximum Gasteiger partial charge on any atom is 0.231 e. The van der Waals surface area contributed by atoms with Crippen molar-refractivity contribution >= 4 is 23.2 Å². The summed E-state index contributed by atoms with van der Waals surface area (Å²) in [5.74, 6) is 0.104. The lowest BCUT2D eigenvalue weighted by molar-refractivity contribution is -0.124. The van der Waals surface area contributed by atoms with Gasteiger partial charge in [-0.25, -0.2) is 0 Å². The first-order valence-corrected chi connectivity index (χ1v) is 6.32. The minimum atomic E-state index is -0.250. The molecule has 1 aliphatic heterocycles. The van der Waals surface area contributed by atoms with Gasteiger partial charge in [0, 0.05) is 17.3 Å². The molecule has 4 heteroatoms. The van der Waals surface area contributed by atoms with Crippen LogP contribution in [0.25, 0.3) is 0 Å². The summed E-state index contributed by atoms with van der Waals surface area (Å²) in [6.45, 7) is 3.75. The van der Waals surface area contributed by atoms with Gasteiger partial charge < -0.3 is 10.6 Å². The van der Waals surface area contributed by atoms with E-state index >= 15 is 0 Å². The van der Waals surface area contributed by atoms with Crippen LogP contribution in [0.1, 0.15) is 19.8 Å². The van der Waals surface area contributed by atoms with Gasteiger partial charge in [-0.05, 0) is 43.7 Å². The predicted molar refractivity (Wildman–Crippen MR) is 70.3 cm³/mol. The van der Waals surface area contributed by atoms with E-state index in [9.17, 15) is 4.79 Å². The number of carbonyl (C=O) groups excluding carboxylic acids is 1. The van der Waals surface area contributed by atoms with Gasteiger partial charge in [0.1, 0.15) is 0 Å². The number of nitrogens with one attached hydrogen (secondary N) is 2. The third-order valence-corrected chi connectivity index (χ3v) is 3.76. The van der Waals surface area contributed by atoms with Crippen molar-refractivity contribution in [2.24, 2.45) is 5.41 Å². The second kappa shape index (κ2) is 5.07. The Balaban J connectivity index is 2.08. The van der Waals surface area contributed by atoms with Crippen LogP contribution < -0.4 is 10.6 Å². The lowest BCUT2D eigenvalue weighted by Gasteiger charge is -2.25. The van der Waals surface area contributed by atoms with Crippen LogP contribution in [0.5, 0.6) is 0 Å². The third kappa shape index (κ3) is 2.61. The van der Waals surface area contributed by atoms with Crippen molar-refractivity contribution in [2.75, 3.05) is 18.4 Å². The quantitative estimate of drug-likeness (QED) is 0.869. The minimum Gasteiger partial charge on any atom is -0.326 e. The predicted octanol–water partition coefficient (Wildman–Crippen LogP) is 2.67. The Morgan fingerprint density at radius 3 is 2.71 bits per heavy atom. The van der Waals surface area contributed by atoms with Gasteiger partial charge in [-0.15, -0.1) is 0 Å². The molecule has 1 aromatic carbocycles. The molecule has 0 radical (unpaired) electrons. The number of anilines is 1. The van der Waals surface area contributed by atoms with Gasteiger partial charge in [0.25, 0.3) is 0 Å². The number of carbonyl (C=O) groups is 1. The average molecular weight is 253 g/mol. The monoisotopic (exact) mass is 252 g/mol. The van der Waals surface area contributed by atoms with Crippen LogP contribution >= 0.6 is 11.6 Å². The Morgan fingerprint density at radius 2 is 2.18 bits per heavy atom. The molecule has 1 aliphatic rings. The fourth-order valence-electron chi connectivity index (χ4n) is 2.20. The van der Waals surface area contributed by atoms with E-state index in [-0.39, 0.29) is 11.3 Å². The fraction of sp³-hybridized carbons (Fsp3) is 0.462. The van der Waals surface area contributed by atoms with Crippen molar-refractivity contribution in [3.63, 3.8) is 0 Å². The molecule has 2 rings (SSSR count). The topological polar surface area (TPSA) is 41.1 Å². The molecule has 0 spiro atoms. The van der Waals surface area contributed by atoms with Crippen LogP contribution in [0.3, 0.4) is 0 Å². The summed E-state index contributed by atoms with van der Waals surface area (Å²) in [4.78, 5) is 12.3. The van der Waals surface area contributed by atoms with Crippen molar-refractivity contribution in [1.82, 2.24) is 5.32 Å². The molecule has 1 unspecified atom stereocenters. The van der Waals surface area contributed by atoms with Gasteiger partial charge in [-0.3, -0.25) is 4.79 Å². The van der Waals surface area contributed by atoms with Crippen LogP contribution in [0.2, 0.25) is 5.02 Å². The normalized spacial score (nSPS) is 23.6. The molecule has 92 valence electrons. The highest BCUT2D eigenvalue weighted by molar-refractivity contribution is 6.30. The lowest BCUT2D eigenvalue weighted by Crippen LogP contribution is -2.37. The molecule has 1 saturated heterocycles. The second-order valence-corrected chi connectivity index (χ2v) is 4.96. The van der Waals surface area contributed by atoms with Crippen LogP contribution in [0.15, 0.2) is 24.3 Å². The molecule has 3 nitrogen and oxygen atoms in total. The summed E-state index contributed by atoms with van der Waals surface area (Å²) < 4.78 is 0. The first-order chi connectivity index (χ1) is 8.16. The fourth-order valence-corrected chi connectivity index (χ4v) is 2.32. The molecule has 1 aromatic rings. The van der Waals surface area contributed by atoms with Crippen molar-refractivity contribution < 1.29 is 4.79 Å². The van der Waals surface area contributed by atoms with E-state index < -0.39 is 0 Å². The number of hydrogen-bond acceptors (Lipinski definition) is 2. The summed E-state index contributed by atoms with van der Waals surface area (Å²) in [5.41, 5.74) is 0.554. The van der Waals surface area contributed by atoms with Crippen molar-refractivity contribution in [1.29, 1.82) is 0 Å². The van der Waals surface area contributed by atoms with E-state index in [0.717, 1.165) is 31.6 Å². The number of benzene rings is 1. The van der Waals surface area contributed by atoms with Crippen LogP contribution in [0.4, 0.5) is 5.69 Å². The summed E-state index contributed by atoms with van der Waals surface area (Å²) >= 11 is 5.81. The largest absolute Gasteiger partial charge is 0.326 e. The Kier molecular flexibility index (Phi) is 3.69. The molecule has 1 fully saturated rings. The molecule has 0 saturated carbocycles. The molecule has 1 amide bonds. The van der Waals surface area contributed by atoms with E-state index in [1.807, 2.05) is 12.1 Å². The van der Waals surface area contributed by atoms with Crippen LogP contribution in [0, 0.1) is 5.41 Å². The molecule has 1 heterocycles. The van der Waals surface area contributed by atoms with E-state index in [4.69, 9.17) is 11.6 Å². The van der Waals surface area contributed by atoms with Gasteiger partial charge in [0.15, 0.2) is 0 Å². The first-order valence-electron chi connectivity index (χ1n) is 5.94. The zero-order chi connectivity index (χ0) is 12.3. The molecule has 0 aliphatic carbocycles.